The molecule has 0 spiro atoms. The van der Waals surface area contributed by atoms with E-state index in [2.05, 4.69) is 13.0 Å². The van der Waals surface area contributed by atoms with Crippen LogP contribution in [0.5, 0.6) is 0 Å². The van der Waals surface area contributed by atoms with E-state index in [9.17, 15) is 0 Å². The van der Waals surface area contributed by atoms with E-state index < -0.39 is 0 Å². The summed E-state index contributed by atoms with van der Waals surface area (Å²) in [5, 5.41) is 0. The first-order valence-corrected chi connectivity index (χ1v) is 3.31. The maximum atomic E-state index is 5.11. The predicted molar refractivity (Wildman–Crippen MR) is 45.2 cm³/mol. The predicted octanol–water partition coefficient (Wildman–Crippen LogP) is 1.61. The third kappa shape index (κ3) is 2.51. The van der Waals surface area contributed by atoms with Crippen LogP contribution in [0.15, 0.2) is 23.5 Å². The number of ether oxygens (including phenoxy) is 1. The molecule has 10 heavy (non-hydrogen) atoms. The molecule has 0 bridgehead atoms. The molecule has 0 amide bonds. The molecule has 0 heterocycles. The van der Waals surface area contributed by atoms with Crippen LogP contribution in [0, 0.1) is 0 Å². The summed E-state index contributed by atoms with van der Waals surface area (Å²) in [6.07, 6.45) is 6.37. The summed E-state index contributed by atoms with van der Waals surface area (Å²) in [4.78, 5) is 0. The van der Waals surface area contributed by atoms with Crippen LogP contribution in [-0.2, 0) is 4.74 Å². The van der Waals surface area contributed by atoms with E-state index in [1.807, 2.05) is 6.08 Å². The molecule has 0 radical (unpaired) electrons. The molecule has 1 rings (SSSR count). The van der Waals surface area contributed by atoms with Gasteiger partial charge in [-0.15, -0.1) is 0 Å². The molecule has 0 atom stereocenters. The van der Waals surface area contributed by atoms with E-state index in [1.54, 1.807) is 7.11 Å². The number of hydrogen-bond donors (Lipinski definition) is 0. The average Bonchev–Trinajstić information content (AvgIpc) is 2.33. The quantitative estimate of drug-likeness (QED) is 0.563. The van der Waals surface area contributed by atoms with E-state index in [0.717, 1.165) is 18.6 Å². The number of allylic oxidation sites excluding steroid dienone is 3. The molecule has 0 unspecified atom stereocenters. The van der Waals surface area contributed by atoms with E-state index in [1.165, 1.54) is 5.57 Å². The van der Waals surface area contributed by atoms with Crippen molar-refractivity contribution in [3.63, 3.8) is 0 Å². The van der Waals surface area contributed by atoms with Gasteiger partial charge in [0.25, 0.3) is 0 Å². The van der Waals surface area contributed by atoms with Gasteiger partial charge in [0.15, 0.2) is 0 Å². The first-order valence-electron chi connectivity index (χ1n) is 3.31. The number of methoxy groups -OCH3 is 1. The molecule has 1 aliphatic rings. The zero-order valence-corrected chi connectivity index (χ0v) is 5.98. The molecule has 52 valence electrons. The molecule has 2 heteroatoms. The monoisotopic (exact) mass is 164 g/mol. The summed E-state index contributed by atoms with van der Waals surface area (Å²) in [7, 11) is 1.72. The summed E-state index contributed by atoms with van der Waals surface area (Å²) in [6.45, 7) is 2.15. The molecule has 1 nitrogen and oxygen atoms in total. The Balaban J connectivity index is 0.000000810. The summed E-state index contributed by atoms with van der Waals surface area (Å²) < 4.78 is 5.11. The Labute approximate surface area is 105 Å². The normalized spacial score (nSPS) is 15.4. The van der Waals surface area contributed by atoms with Gasteiger partial charge in [-0.05, 0) is 24.5 Å². The maximum absolute atomic E-state index is 5.11. The minimum atomic E-state index is 0. The number of hydrogen-bond acceptors (Lipinski definition) is 1. The van der Waals surface area contributed by atoms with E-state index in [0.29, 0.717) is 0 Å². The second-order valence-electron chi connectivity index (χ2n) is 2.13. The van der Waals surface area contributed by atoms with Crippen LogP contribution in [0.25, 0.3) is 0 Å². The van der Waals surface area contributed by atoms with Gasteiger partial charge in [-0.3, -0.25) is 0 Å². The van der Waals surface area contributed by atoms with Crippen molar-refractivity contribution in [3.8, 4) is 0 Å². The molecule has 0 N–H and O–H groups in total. The standard InChI is InChI=1S/C8H12O.K.H/c1-3-7-5-4-6-8(7)9-2;;/h4,6H,3,5H2,1-2H3;;. The van der Waals surface area contributed by atoms with Gasteiger partial charge in [0, 0.05) is 0 Å². The molecule has 1 aliphatic carbocycles. The minimum absolute atomic E-state index is 0. The third-order valence-electron chi connectivity index (χ3n) is 1.63. The summed E-state index contributed by atoms with van der Waals surface area (Å²) in [5.74, 6) is 1.07. The molecule has 0 aromatic carbocycles. The number of rotatable bonds is 2. The SMILES string of the molecule is CCC1=C(OC)C=CC1.[KH]. The van der Waals surface area contributed by atoms with Crippen molar-refractivity contribution in [2.24, 2.45) is 0 Å². The van der Waals surface area contributed by atoms with Gasteiger partial charge in [0.05, 0.1) is 7.11 Å². The summed E-state index contributed by atoms with van der Waals surface area (Å²) in [6, 6.07) is 0. The molecule has 0 aromatic rings. The van der Waals surface area contributed by atoms with Gasteiger partial charge in [-0.1, -0.05) is 13.0 Å². The fraction of sp³-hybridized carbons (Fsp3) is 0.500. The average molecular weight is 164 g/mol. The molecular formula is C8H13KO. The van der Waals surface area contributed by atoms with E-state index in [-0.39, 0.29) is 51.4 Å². The zero-order chi connectivity index (χ0) is 6.69. The van der Waals surface area contributed by atoms with Gasteiger partial charge in [-0.25, -0.2) is 0 Å². The fourth-order valence-electron chi connectivity index (χ4n) is 1.06. The Bertz CT molecular complexity index is 159. The van der Waals surface area contributed by atoms with E-state index in [4.69, 9.17) is 4.74 Å². The van der Waals surface area contributed by atoms with Crippen LogP contribution in [0.3, 0.4) is 0 Å². The molecule has 0 saturated heterocycles. The summed E-state index contributed by atoms with van der Waals surface area (Å²) >= 11 is 0. The Hall–Kier alpha value is 0.916. The van der Waals surface area contributed by atoms with Crippen LogP contribution in [-0.4, -0.2) is 58.5 Å². The van der Waals surface area contributed by atoms with Crippen LogP contribution in [0.4, 0.5) is 0 Å². The van der Waals surface area contributed by atoms with Crippen molar-refractivity contribution in [2.75, 3.05) is 7.11 Å². The van der Waals surface area contributed by atoms with Gasteiger partial charge < -0.3 is 4.74 Å². The molecule has 0 fully saturated rings. The van der Waals surface area contributed by atoms with Crippen LogP contribution >= 0.6 is 0 Å². The zero-order valence-electron chi connectivity index (χ0n) is 5.98. The van der Waals surface area contributed by atoms with Gasteiger partial charge >= 0.3 is 51.4 Å². The Morgan fingerprint density at radius 2 is 2.30 bits per heavy atom. The molecule has 0 aromatic heterocycles. The van der Waals surface area contributed by atoms with Crippen molar-refractivity contribution in [2.45, 2.75) is 19.8 Å². The van der Waals surface area contributed by atoms with Crippen LogP contribution in [0.1, 0.15) is 19.8 Å². The van der Waals surface area contributed by atoms with Crippen molar-refractivity contribution >= 4 is 51.4 Å². The Kier molecular flexibility index (Phi) is 6.06. The second-order valence-corrected chi connectivity index (χ2v) is 2.13. The van der Waals surface area contributed by atoms with Gasteiger partial charge in [0.2, 0.25) is 0 Å². The van der Waals surface area contributed by atoms with Crippen molar-refractivity contribution in [3.05, 3.63) is 23.5 Å². The topological polar surface area (TPSA) is 9.23 Å². The Morgan fingerprint density at radius 1 is 1.60 bits per heavy atom. The third-order valence-corrected chi connectivity index (χ3v) is 1.63. The van der Waals surface area contributed by atoms with Gasteiger partial charge in [0.1, 0.15) is 5.76 Å². The molecule has 0 aliphatic heterocycles. The second kappa shape index (κ2) is 5.55. The fourth-order valence-corrected chi connectivity index (χ4v) is 1.06. The van der Waals surface area contributed by atoms with E-state index >= 15 is 0 Å². The van der Waals surface area contributed by atoms with Crippen molar-refractivity contribution in [1.29, 1.82) is 0 Å². The summed E-state index contributed by atoms with van der Waals surface area (Å²) in [5.41, 5.74) is 1.41. The Morgan fingerprint density at radius 3 is 2.70 bits per heavy atom. The van der Waals surface area contributed by atoms with Crippen molar-refractivity contribution in [1.82, 2.24) is 0 Å². The van der Waals surface area contributed by atoms with Gasteiger partial charge in [-0.2, -0.15) is 0 Å². The van der Waals surface area contributed by atoms with Crippen LogP contribution in [0.2, 0.25) is 0 Å². The first kappa shape index (κ1) is 10.9. The van der Waals surface area contributed by atoms with Crippen LogP contribution < -0.4 is 0 Å². The first-order chi connectivity index (χ1) is 4.38. The van der Waals surface area contributed by atoms with Crippen molar-refractivity contribution < 1.29 is 4.74 Å². The molecular weight excluding hydrogens is 151 g/mol. The molecule has 0 saturated carbocycles.